The van der Waals surface area contributed by atoms with Crippen molar-refractivity contribution in [2.24, 2.45) is 0 Å². The summed E-state index contributed by atoms with van der Waals surface area (Å²) in [5.74, 6) is -1.64. The number of epoxide rings is 1. The monoisotopic (exact) mass is 431 g/mol. The smallest absolute Gasteiger partial charge is 0.337 e. The average molecular weight is 431 g/mol. The quantitative estimate of drug-likeness (QED) is 0.166. The van der Waals surface area contributed by atoms with Gasteiger partial charge in [0.05, 0.1) is 12.7 Å². The molecule has 2 heterocycles. The predicted molar refractivity (Wildman–Crippen MR) is 114 cm³/mol. The van der Waals surface area contributed by atoms with E-state index in [1.54, 1.807) is 44.2 Å². The van der Waals surface area contributed by atoms with Crippen molar-refractivity contribution in [2.75, 3.05) is 13.7 Å². The minimum atomic E-state index is -1.74. The van der Waals surface area contributed by atoms with Gasteiger partial charge in [0.1, 0.15) is 0 Å². The summed E-state index contributed by atoms with van der Waals surface area (Å²) in [6.07, 6.45) is 9.13. The van der Waals surface area contributed by atoms with Crippen LogP contribution in [0.2, 0.25) is 0 Å². The van der Waals surface area contributed by atoms with E-state index in [0.29, 0.717) is 11.1 Å². The van der Waals surface area contributed by atoms with Crippen LogP contribution in [0.25, 0.3) is 0 Å². The molecule has 2 rings (SSSR count). The molecule has 8 heteroatoms. The Kier molecular flexibility index (Phi) is 7.54. The highest BCUT2D eigenvalue weighted by molar-refractivity contribution is 6.21. The molecule has 0 aliphatic carbocycles. The number of morpholine rings is 1. The van der Waals surface area contributed by atoms with Gasteiger partial charge in [-0.1, -0.05) is 41.5 Å². The number of aliphatic hydroxyl groups excluding tert-OH is 1. The van der Waals surface area contributed by atoms with Crippen LogP contribution in [0.5, 0.6) is 0 Å². The van der Waals surface area contributed by atoms with Crippen LogP contribution >= 0.6 is 0 Å². The molecule has 0 aromatic heterocycles. The van der Waals surface area contributed by atoms with Crippen LogP contribution in [0.1, 0.15) is 34.1 Å². The molecular formula is C23H29NO7. The van der Waals surface area contributed by atoms with Crippen LogP contribution < -0.4 is 5.32 Å². The first kappa shape index (κ1) is 24.5. The molecule has 31 heavy (non-hydrogen) atoms. The van der Waals surface area contributed by atoms with Gasteiger partial charge in [0.2, 0.25) is 11.4 Å². The van der Waals surface area contributed by atoms with Gasteiger partial charge in [-0.25, -0.2) is 4.79 Å². The number of amides is 1. The van der Waals surface area contributed by atoms with Crippen molar-refractivity contribution in [1.29, 1.82) is 0 Å². The minimum Gasteiger partial charge on any atom is -0.465 e. The number of methoxy groups -OCH3 is 1. The highest BCUT2D eigenvalue weighted by atomic mass is 16.6. The zero-order chi connectivity index (χ0) is 23.4. The predicted octanol–water partition coefficient (Wildman–Crippen LogP) is 1.41. The molecule has 2 aliphatic rings. The number of Topliss-reactive ketones (excluding diaryl/α,β-unsaturated/α-hetero) is 1. The molecule has 0 aromatic rings. The second kappa shape index (κ2) is 9.55. The molecule has 0 saturated carbocycles. The van der Waals surface area contributed by atoms with Crippen LogP contribution in [0.4, 0.5) is 0 Å². The number of hydrogen-bond donors (Lipinski definition) is 3. The zero-order valence-electron chi connectivity index (χ0n) is 18.4. The Morgan fingerprint density at radius 3 is 2.45 bits per heavy atom. The van der Waals surface area contributed by atoms with Crippen molar-refractivity contribution in [3.8, 4) is 0 Å². The van der Waals surface area contributed by atoms with Gasteiger partial charge in [0.25, 0.3) is 5.91 Å². The van der Waals surface area contributed by atoms with E-state index in [0.717, 1.165) is 11.1 Å². The minimum absolute atomic E-state index is 0.122. The zero-order valence-corrected chi connectivity index (χ0v) is 18.4. The standard InChI is InChI=1S/C23H29NO7/c1-6-17(19(27)30-5)13-15(3)12-14(2)8-7-9-16(4)18(26)23-20(31-23)22(29,10-11-25)24-21(23)28/h6-9,12-13,20,25,29H,10-11H2,1-5H3,(H,24,28)/b8-7+,14-12+,15-13+,16-9+,17-6-/t20-,22-,23-/m1/s1. The number of carbonyl (C=O) groups is 3. The van der Waals surface area contributed by atoms with E-state index in [9.17, 15) is 19.5 Å². The van der Waals surface area contributed by atoms with E-state index >= 15 is 0 Å². The number of esters is 1. The molecule has 8 nitrogen and oxygen atoms in total. The normalized spacial score (nSPS) is 29.1. The maximum absolute atomic E-state index is 12.8. The Bertz CT molecular complexity index is 924. The maximum atomic E-state index is 12.8. The van der Waals surface area contributed by atoms with E-state index in [4.69, 9.17) is 14.6 Å². The summed E-state index contributed by atoms with van der Waals surface area (Å²) < 4.78 is 10.0. The van der Waals surface area contributed by atoms with Gasteiger partial charge in [-0.3, -0.25) is 9.59 Å². The Morgan fingerprint density at radius 2 is 1.90 bits per heavy atom. The average Bonchev–Trinajstić information content (AvgIpc) is 3.44. The Labute approximate surface area is 181 Å². The van der Waals surface area contributed by atoms with Crippen molar-refractivity contribution >= 4 is 17.7 Å². The van der Waals surface area contributed by atoms with Crippen LogP contribution in [0, 0.1) is 0 Å². The lowest BCUT2D eigenvalue weighted by Gasteiger charge is -2.22. The number of ketones is 1. The van der Waals surface area contributed by atoms with Crippen molar-refractivity contribution in [3.63, 3.8) is 0 Å². The van der Waals surface area contributed by atoms with Crippen molar-refractivity contribution in [2.45, 2.75) is 51.5 Å². The molecule has 168 valence electrons. The summed E-state index contributed by atoms with van der Waals surface area (Å²) in [6, 6.07) is 0. The van der Waals surface area contributed by atoms with Crippen LogP contribution in [0.3, 0.4) is 0 Å². The fourth-order valence-corrected chi connectivity index (χ4v) is 3.54. The maximum Gasteiger partial charge on any atom is 0.337 e. The summed E-state index contributed by atoms with van der Waals surface area (Å²) in [7, 11) is 1.33. The topological polar surface area (TPSA) is 125 Å². The molecule has 0 unspecified atom stereocenters. The lowest BCUT2D eigenvalue weighted by Crippen LogP contribution is -2.48. The van der Waals surface area contributed by atoms with Crippen molar-refractivity contribution in [1.82, 2.24) is 5.32 Å². The third-order valence-electron chi connectivity index (χ3n) is 5.18. The highest BCUT2D eigenvalue weighted by Crippen LogP contribution is 2.50. The number of aliphatic hydroxyl groups is 2. The van der Waals surface area contributed by atoms with E-state index in [2.05, 4.69) is 5.32 Å². The van der Waals surface area contributed by atoms with Crippen LogP contribution in [-0.2, 0) is 23.9 Å². The second-order valence-corrected chi connectivity index (χ2v) is 7.64. The first-order valence-corrected chi connectivity index (χ1v) is 9.90. The first-order valence-electron chi connectivity index (χ1n) is 9.90. The van der Waals surface area contributed by atoms with E-state index in [1.807, 2.05) is 19.9 Å². The van der Waals surface area contributed by atoms with Gasteiger partial charge in [-0.05, 0) is 39.3 Å². The van der Waals surface area contributed by atoms with E-state index < -0.39 is 35.1 Å². The molecule has 2 fully saturated rings. The van der Waals surface area contributed by atoms with Gasteiger partial charge < -0.3 is 25.0 Å². The number of carbonyl (C=O) groups excluding carboxylic acids is 3. The van der Waals surface area contributed by atoms with Crippen molar-refractivity contribution < 1.29 is 34.1 Å². The molecule has 0 spiro atoms. The number of fused-ring (bicyclic) bond motifs is 1. The van der Waals surface area contributed by atoms with Gasteiger partial charge in [0, 0.05) is 13.0 Å². The number of allylic oxidation sites excluding steroid dienone is 7. The number of hydrogen-bond acceptors (Lipinski definition) is 7. The molecule has 0 aromatic carbocycles. The number of ether oxygens (including phenoxy) is 2. The molecule has 2 aliphatic heterocycles. The Morgan fingerprint density at radius 1 is 1.23 bits per heavy atom. The van der Waals surface area contributed by atoms with Gasteiger partial charge in [-0.15, -0.1) is 0 Å². The molecule has 0 radical (unpaired) electrons. The Balaban J connectivity index is 2.08. The second-order valence-electron chi connectivity index (χ2n) is 7.64. The van der Waals surface area contributed by atoms with E-state index in [1.165, 1.54) is 7.11 Å². The summed E-state index contributed by atoms with van der Waals surface area (Å²) in [5.41, 5.74) is -1.000. The van der Waals surface area contributed by atoms with Gasteiger partial charge >= 0.3 is 5.97 Å². The number of rotatable bonds is 9. The Hall–Kier alpha value is -2.81. The van der Waals surface area contributed by atoms with E-state index in [-0.39, 0.29) is 13.0 Å². The molecule has 0 bridgehead atoms. The highest BCUT2D eigenvalue weighted by Gasteiger charge is 2.80. The van der Waals surface area contributed by atoms with Crippen LogP contribution in [0.15, 0.2) is 58.7 Å². The third-order valence-corrected chi connectivity index (χ3v) is 5.18. The molecule has 3 atom stereocenters. The molecular weight excluding hydrogens is 402 g/mol. The summed E-state index contributed by atoms with van der Waals surface area (Å²) in [4.78, 5) is 36.7. The summed E-state index contributed by atoms with van der Waals surface area (Å²) >= 11 is 0. The molecule has 1 amide bonds. The molecule has 2 saturated heterocycles. The summed E-state index contributed by atoms with van der Waals surface area (Å²) in [6.45, 7) is 6.68. The lowest BCUT2D eigenvalue weighted by atomic mass is 9.92. The van der Waals surface area contributed by atoms with Crippen molar-refractivity contribution in [3.05, 3.63) is 58.7 Å². The SMILES string of the molecule is C/C=C(/C=C(C)/C=C(C)/C=C/C=C(\C)C(=O)[C@@]12O[C@@H]1[C@](O)(CCO)NC2=O)C(=O)OC. The largest absolute Gasteiger partial charge is 0.465 e. The summed E-state index contributed by atoms with van der Waals surface area (Å²) in [5, 5.41) is 21.8. The van der Waals surface area contributed by atoms with Gasteiger partial charge in [-0.2, -0.15) is 0 Å². The number of nitrogens with one attached hydrogen (secondary N) is 1. The van der Waals surface area contributed by atoms with Gasteiger partial charge in [0.15, 0.2) is 11.8 Å². The third kappa shape index (κ3) is 4.92. The fraction of sp³-hybridized carbons (Fsp3) is 0.435. The van der Waals surface area contributed by atoms with Crippen LogP contribution in [-0.4, -0.2) is 59.0 Å². The first-order chi connectivity index (χ1) is 14.5. The fourth-order valence-electron chi connectivity index (χ4n) is 3.54. The lowest BCUT2D eigenvalue weighted by molar-refractivity contribution is -0.138. The molecule has 3 N–H and O–H groups in total.